The first-order valence-electron chi connectivity index (χ1n) is 5.30. The Morgan fingerprint density at radius 2 is 1.58 bits per heavy atom. The van der Waals surface area contributed by atoms with Gasteiger partial charge in [-0.3, -0.25) is 0 Å². The molecule has 0 saturated heterocycles. The van der Waals surface area contributed by atoms with Gasteiger partial charge in [-0.2, -0.15) is 0 Å². The smallest absolute Gasteiger partial charge is 0.0901 e. The maximum Gasteiger partial charge on any atom is 0.0901 e. The third-order valence-electron chi connectivity index (χ3n) is 3.31. The van der Waals surface area contributed by atoms with Crippen LogP contribution in [0, 0.1) is 0 Å². The van der Waals surface area contributed by atoms with Gasteiger partial charge in [0.05, 0.1) is 7.14 Å². The van der Waals surface area contributed by atoms with E-state index < -0.39 is 7.14 Å². The second-order valence-electron chi connectivity index (χ2n) is 3.88. The van der Waals surface area contributed by atoms with Crippen LogP contribution in [0.15, 0.2) is 0 Å². The summed E-state index contributed by atoms with van der Waals surface area (Å²) in [5.41, 5.74) is 0.584. The van der Waals surface area contributed by atoms with Gasteiger partial charge in [0.2, 0.25) is 0 Å². The molecular weight excluding hydrogens is 167 g/mol. The molecule has 0 radical (unpaired) electrons. The maximum atomic E-state index is 12.3. The van der Waals surface area contributed by atoms with E-state index in [9.17, 15) is 4.57 Å². The lowest BCUT2D eigenvalue weighted by Crippen LogP contribution is -2.15. The number of rotatable bonds is 3. The standard InChI is InChI=1S/C10H21OP/c1-3-12(11,4-2)10-8-6-5-7-9-10/h10H,3-9H2,1-2H3. The average Bonchev–Trinajstić information content (AvgIpc) is 2.18. The molecule has 0 aromatic rings. The van der Waals surface area contributed by atoms with Crippen LogP contribution in [-0.2, 0) is 4.57 Å². The van der Waals surface area contributed by atoms with E-state index in [1.54, 1.807) is 0 Å². The Kier molecular flexibility index (Phi) is 3.83. The first kappa shape index (κ1) is 10.3. The van der Waals surface area contributed by atoms with E-state index >= 15 is 0 Å². The van der Waals surface area contributed by atoms with Crippen LogP contribution in [0.5, 0.6) is 0 Å². The lowest BCUT2D eigenvalue weighted by molar-refractivity contribution is 0.483. The summed E-state index contributed by atoms with van der Waals surface area (Å²) in [7, 11) is -1.76. The Balaban J connectivity index is 2.58. The van der Waals surface area contributed by atoms with E-state index in [1.165, 1.54) is 32.1 Å². The molecule has 1 aliphatic rings. The van der Waals surface area contributed by atoms with Crippen molar-refractivity contribution in [1.82, 2.24) is 0 Å². The summed E-state index contributed by atoms with van der Waals surface area (Å²) >= 11 is 0. The Labute approximate surface area is 76.3 Å². The van der Waals surface area contributed by atoms with Gasteiger partial charge < -0.3 is 4.57 Å². The molecule has 0 aromatic heterocycles. The van der Waals surface area contributed by atoms with Gasteiger partial charge in [0.15, 0.2) is 0 Å². The molecule has 0 amide bonds. The first-order valence-corrected chi connectivity index (χ1v) is 7.45. The van der Waals surface area contributed by atoms with Gasteiger partial charge in [-0.05, 0) is 25.2 Å². The lowest BCUT2D eigenvalue weighted by atomic mass is 10.0. The summed E-state index contributed by atoms with van der Waals surface area (Å²) in [5.74, 6) is 0. The van der Waals surface area contributed by atoms with E-state index in [-0.39, 0.29) is 0 Å². The minimum Gasteiger partial charge on any atom is -0.323 e. The molecule has 0 bridgehead atoms. The Morgan fingerprint density at radius 3 is 2.00 bits per heavy atom. The highest BCUT2D eigenvalue weighted by Gasteiger charge is 2.29. The molecule has 0 heterocycles. The molecule has 0 atom stereocenters. The van der Waals surface area contributed by atoms with Gasteiger partial charge in [-0.1, -0.05) is 33.1 Å². The van der Waals surface area contributed by atoms with Crippen molar-refractivity contribution >= 4 is 7.14 Å². The predicted octanol–water partition coefficient (Wildman–Crippen LogP) is 3.72. The number of hydrogen-bond acceptors (Lipinski definition) is 1. The van der Waals surface area contributed by atoms with Crippen LogP contribution in [0.25, 0.3) is 0 Å². The molecule has 0 aromatic carbocycles. The van der Waals surface area contributed by atoms with Gasteiger partial charge in [0.25, 0.3) is 0 Å². The van der Waals surface area contributed by atoms with Crippen molar-refractivity contribution in [3.8, 4) is 0 Å². The SMILES string of the molecule is CCP(=O)(CC)C1CCCCC1. The van der Waals surface area contributed by atoms with Crippen molar-refractivity contribution in [3.05, 3.63) is 0 Å². The quantitative estimate of drug-likeness (QED) is 0.617. The maximum absolute atomic E-state index is 12.3. The van der Waals surface area contributed by atoms with Crippen LogP contribution >= 0.6 is 7.14 Å². The van der Waals surface area contributed by atoms with E-state index in [2.05, 4.69) is 13.8 Å². The third kappa shape index (κ3) is 2.13. The summed E-state index contributed by atoms with van der Waals surface area (Å²) < 4.78 is 12.3. The summed E-state index contributed by atoms with van der Waals surface area (Å²) in [6.07, 6.45) is 8.31. The second kappa shape index (κ2) is 4.46. The van der Waals surface area contributed by atoms with E-state index in [0.717, 1.165) is 12.3 Å². The lowest BCUT2D eigenvalue weighted by Gasteiger charge is -2.29. The highest BCUT2D eigenvalue weighted by Crippen LogP contribution is 2.54. The van der Waals surface area contributed by atoms with Gasteiger partial charge in [-0.25, -0.2) is 0 Å². The molecule has 0 aliphatic heterocycles. The van der Waals surface area contributed by atoms with Crippen molar-refractivity contribution in [2.45, 2.75) is 51.6 Å². The highest BCUT2D eigenvalue weighted by molar-refractivity contribution is 7.64. The molecule has 0 N–H and O–H groups in total. The van der Waals surface area contributed by atoms with Crippen LogP contribution in [0.3, 0.4) is 0 Å². The zero-order valence-electron chi connectivity index (χ0n) is 8.38. The first-order chi connectivity index (χ1) is 5.73. The highest BCUT2D eigenvalue weighted by atomic mass is 31.2. The minimum atomic E-state index is -1.76. The molecule has 1 rings (SSSR count). The molecule has 1 aliphatic carbocycles. The van der Waals surface area contributed by atoms with Crippen molar-refractivity contribution in [2.24, 2.45) is 0 Å². The van der Waals surface area contributed by atoms with Gasteiger partial charge >= 0.3 is 0 Å². The largest absolute Gasteiger partial charge is 0.323 e. The molecule has 1 saturated carbocycles. The summed E-state index contributed by atoms with van der Waals surface area (Å²) in [6.45, 7) is 4.19. The third-order valence-corrected chi connectivity index (χ3v) is 7.30. The van der Waals surface area contributed by atoms with Crippen molar-refractivity contribution in [2.75, 3.05) is 12.3 Å². The van der Waals surface area contributed by atoms with Crippen LogP contribution in [-0.4, -0.2) is 18.0 Å². The Morgan fingerprint density at radius 1 is 1.08 bits per heavy atom. The average molecular weight is 188 g/mol. The van der Waals surface area contributed by atoms with Crippen LogP contribution in [0.2, 0.25) is 0 Å². The van der Waals surface area contributed by atoms with Gasteiger partial charge in [0, 0.05) is 5.66 Å². The van der Waals surface area contributed by atoms with Crippen LogP contribution in [0.1, 0.15) is 46.0 Å². The second-order valence-corrected chi connectivity index (χ2v) is 7.78. The topological polar surface area (TPSA) is 17.1 Å². The minimum absolute atomic E-state index is 0.584. The van der Waals surface area contributed by atoms with Crippen molar-refractivity contribution in [3.63, 3.8) is 0 Å². The van der Waals surface area contributed by atoms with Crippen LogP contribution < -0.4 is 0 Å². The molecule has 72 valence electrons. The molecule has 1 fully saturated rings. The normalized spacial score (nSPS) is 21.2. The van der Waals surface area contributed by atoms with Gasteiger partial charge in [-0.15, -0.1) is 0 Å². The van der Waals surface area contributed by atoms with Crippen LogP contribution in [0.4, 0.5) is 0 Å². The molecule has 0 unspecified atom stereocenters. The predicted molar refractivity (Wildman–Crippen MR) is 55.6 cm³/mol. The van der Waals surface area contributed by atoms with Crippen molar-refractivity contribution < 1.29 is 4.57 Å². The van der Waals surface area contributed by atoms with Gasteiger partial charge in [0.1, 0.15) is 0 Å². The Hall–Kier alpha value is 0.230. The zero-order valence-corrected chi connectivity index (χ0v) is 9.28. The molecular formula is C10H21OP. The molecule has 0 spiro atoms. The Bertz CT molecular complexity index is 163. The summed E-state index contributed by atoms with van der Waals surface area (Å²) in [4.78, 5) is 0. The molecule has 1 nitrogen and oxygen atoms in total. The summed E-state index contributed by atoms with van der Waals surface area (Å²) in [6, 6.07) is 0. The fourth-order valence-electron chi connectivity index (χ4n) is 2.29. The summed E-state index contributed by atoms with van der Waals surface area (Å²) in [5, 5.41) is 0. The van der Waals surface area contributed by atoms with E-state index in [4.69, 9.17) is 0 Å². The fourth-order valence-corrected chi connectivity index (χ4v) is 5.08. The zero-order chi connectivity index (χ0) is 9.03. The fraction of sp³-hybridized carbons (Fsp3) is 1.00. The number of hydrogen-bond donors (Lipinski definition) is 0. The monoisotopic (exact) mass is 188 g/mol. The van der Waals surface area contributed by atoms with Crippen molar-refractivity contribution in [1.29, 1.82) is 0 Å². The molecule has 12 heavy (non-hydrogen) atoms. The van der Waals surface area contributed by atoms with E-state index in [1.807, 2.05) is 0 Å². The van der Waals surface area contributed by atoms with E-state index in [0.29, 0.717) is 5.66 Å². The molecule has 2 heteroatoms.